The highest BCUT2D eigenvalue weighted by Gasteiger charge is 2.20. The molecule has 498 valence electrons. The van der Waals surface area contributed by atoms with Gasteiger partial charge in [0, 0.05) is 12.8 Å². The van der Waals surface area contributed by atoms with E-state index in [-0.39, 0.29) is 18.5 Å². The summed E-state index contributed by atoms with van der Waals surface area (Å²) in [6, 6.07) is -0.540. The summed E-state index contributed by atoms with van der Waals surface area (Å²) in [4.78, 5) is 24.7. The van der Waals surface area contributed by atoms with Gasteiger partial charge in [-0.05, 0) is 57.8 Å². The molecular weight excluding hydrogens is 1030 g/mol. The van der Waals surface area contributed by atoms with Crippen molar-refractivity contribution >= 4 is 11.9 Å². The van der Waals surface area contributed by atoms with Crippen LogP contribution in [0.15, 0.2) is 24.3 Å². The largest absolute Gasteiger partial charge is 0.466 e. The molecule has 3 N–H and O–H groups in total. The maximum atomic E-state index is 12.6. The fourth-order valence-corrected chi connectivity index (χ4v) is 12.4. The van der Waals surface area contributed by atoms with Gasteiger partial charge in [0.2, 0.25) is 5.91 Å². The van der Waals surface area contributed by atoms with Crippen molar-refractivity contribution in [3.8, 4) is 0 Å². The molecule has 0 rings (SSSR count). The Hall–Kier alpha value is -1.66. The number of aliphatic hydroxyl groups is 2. The van der Waals surface area contributed by atoms with Crippen molar-refractivity contribution in [1.82, 2.24) is 5.32 Å². The molecule has 0 aliphatic heterocycles. The molecule has 0 heterocycles. The highest BCUT2D eigenvalue weighted by molar-refractivity contribution is 5.76. The summed E-state index contributed by atoms with van der Waals surface area (Å²) in [5.41, 5.74) is 0. The Labute approximate surface area is 526 Å². The molecule has 2 unspecified atom stereocenters. The van der Waals surface area contributed by atoms with E-state index in [0.717, 1.165) is 51.4 Å². The Balaban J connectivity index is 3.34. The molecule has 0 bridgehead atoms. The van der Waals surface area contributed by atoms with E-state index < -0.39 is 12.1 Å². The first-order valence-corrected chi connectivity index (χ1v) is 38.6. The summed E-state index contributed by atoms with van der Waals surface area (Å²) in [7, 11) is 0. The normalized spacial score (nSPS) is 12.6. The number of unbranched alkanes of at least 4 members (excludes halogenated alkanes) is 58. The lowest BCUT2D eigenvalue weighted by Gasteiger charge is -2.22. The number of rotatable bonds is 73. The number of esters is 1. The van der Waals surface area contributed by atoms with Gasteiger partial charge in [-0.15, -0.1) is 0 Å². The van der Waals surface area contributed by atoms with Crippen LogP contribution in [0.1, 0.15) is 438 Å². The van der Waals surface area contributed by atoms with Gasteiger partial charge in [-0.25, -0.2) is 0 Å². The van der Waals surface area contributed by atoms with Crippen LogP contribution in [0.5, 0.6) is 0 Å². The predicted octanol–water partition coefficient (Wildman–Crippen LogP) is 25.3. The average molecular weight is 1180 g/mol. The van der Waals surface area contributed by atoms with E-state index in [1.54, 1.807) is 0 Å². The van der Waals surface area contributed by atoms with Crippen LogP contribution in [0.2, 0.25) is 0 Å². The van der Waals surface area contributed by atoms with Crippen LogP contribution in [0.3, 0.4) is 0 Å². The van der Waals surface area contributed by atoms with Crippen molar-refractivity contribution in [3.05, 3.63) is 24.3 Å². The van der Waals surface area contributed by atoms with Crippen LogP contribution in [-0.4, -0.2) is 47.4 Å². The summed E-state index contributed by atoms with van der Waals surface area (Å²) in [6.45, 7) is 4.98. The second-order valence-corrected chi connectivity index (χ2v) is 26.7. The third kappa shape index (κ3) is 69.4. The van der Waals surface area contributed by atoms with Crippen LogP contribution >= 0.6 is 0 Å². The molecule has 0 aliphatic carbocycles. The number of aliphatic hydroxyl groups excluding tert-OH is 2. The van der Waals surface area contributed by atoms with Crippen molar-refractivity contribution < 1.29 is 24.5 Å². The maximum absolute atomic E-state index is 12.6. The second-order valence-electron chi connectivity index (χ2n) is 26.7. The van der Waals surface area contributed by atoms with E-state index in [0.29, 0.717) is 25.9 Å². The van der Waals surface area contributed by atoms with Crippen LogP contribution in [0.25, 0.3) is 0 Å². The number of carbonyl (C=O) groups excluding carboxylic acids is 2. The van der Waals surface area contributed by atoms with Gasteiger partial charge in [0.05, 0.1) is 25.4 Å². The lowest BCUT2D eigenvalue weighted by molar-refractivity contribution is -0.143. The summed E-state index contributed by atoms with van der Waals surface area (Å²) < 4.78 is 5.51. The molecule has 84 heavy (non-hydrogen) atoms. The monoisotopic (exact) mass is 1180 g/mol. The lowest BCUT2D eigenvalue weighted by Crippen LogP contribution is -2.45. The first-order valence-electron chi connectivity index (χ1n) is 38.6. The van der Waals surface area contributed by atoms with E-state index in [2.05, 4.69) is 43.5 Å². The SMILES string of the molecule is CCCCCC/C=C\C/C=C\CCCCCCCCCC(=O)OCCCCCCCCCCCCCCCCCCCCCCCCCCCCCCC(=O)NC(CO)C(O)CCCCCCCCCCCCCCCCCCCCCCC. The number of carbonyl (C=O) groups is 2. The van der Waals surface area contributed by atoms with Gasteiger partial charge in [0.15, 0.2) is 0 Å². The second kappa shape index (κ2) is 73.8. The van der Waals surface area contributed by atoms with Crippen molar-refractivity contribution in [2.75, 3.05) is 13.2 Å². The summed E-state index contributed by atoms with van der Waals surface area (Å²) in [6.07, 6.45) is 93.9. The minimum absolute atomic E-state index is 0.0125. The highest BCUT2D eigenvalue weighted by Crippen LogP contribution is 2.20. The Bertz CT molecular complexity index is 1320. The van der Waals surface area contributed by atoms with Gasteiger partial charge >= 0.3 is 5.97 Å². The van der Waals surface area contributed by atoms with Crippen LogP contribution in [0.4, 0.5) is 0 Å². The zero-order chi connectivity index (χ0) is 60.6. The molecule has 0 saturated heterocycles. The van der Waals surface area contributed by atoms with Gasteiger partial charge < -0.3 is 20.3 Å². The summed E-state index contributed by atoms with van der Waals surface area (Å²) >= 11 is 0. The quantitative estimate of drug-likeness (QED) is 0.0320. The molecule has 0 saturated carbocycles. The first kappa shape index (κ1) is 82.3. The number of nitrogens with one attached hydrogen (secondary N) is 1. The van der Waals surface area contributed by atoms with Crippen molar-refractivity contribution in [1.29, 1.82) is 0 Å². The maximum Gasteiger partial charge on any atom is 0.305 e. The Morgan fingerprint density at radius 3 is 0.917 bits per heavy atom. The molecule has 1 amide bonds. The third-order valence-electron chi connectivity index (χ3n) is 18.3. The van der Waals surface area contributed by atoms with Crippen LogP contribution in [-0.2, 0) is 14.3 Å². The number of amides is 1. The molecule has 0 aromatic rings. The zero-order valence-electron chi connectivity index (χ0n) is 57.2. The smallest absolute Gasteiger partial charge is 0.305 e. The molecule has 0 aliphatic rings. The molecular formula is C78H151NO5. The van der Waals surface area contributed by atoms with Gasteiger partial charge in [-0.1, -0.05) is 391 Å². The number of ether oxygens (including phenoxy) is 1. The van der Waals surface area contributed by atoms with E-state index in [9.17, 15) is 19.8 Å². The highest BCUT2D eigenvalue weighted by atomic mass is 16.5. The predicted molar refractivity (Wildman–Crippen MR) is 370 cm³/mol. The minimum Gasteiger partial charge on any atom is -0.466 e. The van der Waals surface area contributed by atoms with E-state index >= 15 is 0 Å². The van der Waals surface area contributed by atoms with Crippen molar-refractivity contribution in [3.63, 3.8) is 0 Å². The number of hydrogen-bond donors (Lipinski definition) is 3. The van der Waals surface area contributed by atoms with Gasteiger partial charge in [-0.3, -0.25) is 9.59 Å². The topological polar surface area (TPSA) is 95.9 Å². The van der Waals surface area contributed by atoms with E-state index in [1.165, 1.54) is 353 Å². The Kier molecular flexibility index (Phi) is 72.3. The molecule has 2 atom stereocenters. The van der Waals surface area contributed by atoms with Crippen molar-refractivity contribution in [2.45, 2.75) is 450 Å². The molecule has 0 aromatic carbocycles. The average Bonchev–Trinajstić information content (AvgIpc) is 3.53. The van der Waals surface area contributed by atoms with Crippen LogP contribution < -0.4 is 5.32 Å². The Morgan fingerprint density at radius 2 is 0.595 bits per heavy atom. The molecule has 0 spiro atoms. The van der Waals surface area contributed by atoms with Gasteiger partial charge in [0.25, 0.3) is 0 Å². The standard InChI is InChI=1S/C78H151NO5/c1-3-5-7-9-11-13-15-17-19-21-23-32-35-38-42-46-50-54-58-62-66-70-76(81)75(74-80)79-77(82)71-67-63-59-55-51-47-43-39-36-33-30-28-26-24-25-27-29-31-34-37-41-45-49-53-57-61-65-69-73-84-78(83)72-68-64-60-56-52-48-44-40-22-20-18-16-14-12-10-8-6-4-2/h14,16,20,22,75-76,80-81H,3-13,15,17-19,21,23-74H2,1-2H3,(H,79,82)/b16-14-,22-20-. The third-order valence-corrected chi connectivity index (χ3v) is 18.3. The van der Waals surface area contributed by atoms with Gasteiger partial charge in [0.1, 0.15) is 0 Å². The Morgan fingerprint density at radius 1 is 0.333 bits per heavy atom. The fourth-order valence-electron chi connectivity index (χ4n) is 12.4. The summed E-state index contributed by atoms with van der Waals surface area (Å²) in [5, 5.41) is 23.4. The van der Waals surface area contributed by atoms with E-state index in [1.807, 2.05) is 0 Å². The fraction of sp³-hybridized carbons (Fsp3) is 0.923. The number of hydrogen-bond acceptors (Lipinski definition) is 5. The first-order chi connectivity index (χ1) is 41.5. The van der Waals surface area contributed by atoms with Crippen molar-refractivity contribution in [2.24, 2.45) is 0 Å². The minimum atomic E-state index is -0.663. The summed E-state index contributed by atoms with van der Waals surface area (Å²) in [5.74, 6) is -0.0142. The molecule has 0 fully saturated rings. The van der Waals surface area contributed by atoms with Crippen LogP contribution in [0, 0.1) is 0 Å². The van der Waals surface area contributed by atoms with E-state index in [4.69, 9.17) is 4.74 Å². The van der Waals surface area contributed by atoms with Gasteiger partial charge in [-0.2, -0.15) is 0 Å². The molecule has 0 aromatic heterocycles. The molecule has 6 heteroatoms. The lowest BCUT2D eigenvalue weighted by atomic mass is 10.0. The molecule has 0 radical (unpaired) electrons. The number of allylic oxidation sites excluding steroid dienone is 4. The zero-order valence-corrected chi connectivity index (χ0v) is 57.2. The molecule has 6 nitrogen and oxygen atoms in total.